The van der Waals surface area contributed by atoms with Gasteiger partial charge >= 0.3 is 0 Å². The highest BCUT2D eigenvalue weighted by atomic mass is 35.5. The molecule has 2 N–H and O–H groups in total. The van der Waals surface area contributed by atoms with E-state index >= 15 is 0 Å². The summed E-state index contributed by atoms with van der Waals surface area (Å²) < 4.78 is 18.6. The fraction of sp³-hybridized carbons (Fsp3) is 0.400. The zero-order valence-electron chi connectivity index (χ0n) is 12.9. The number of thioether (sulfide) groups is 1. The number of aromatic nitrogens is 3. The van der Waals surface area contributed by atoms with Crippen LogP contribution in [0.25, 0.3) is 0 Å². The number of benzene rings is 1. The number of hydrogen-bond acceptors (Lipinski definition) is 5. The van der Waals surface area contributed by atoms with Crippen LogP contribution in [0.2, 0.25) is 5.02 Å². The van der Waals surface area contributed by atoms with E-state index in [9.17, 15) is 9.18 Å². The van der Waals surface area contributed by atoms with Crippen LogP contribution in [0.5, 0.6) is 0 Å². The van der Waals surface area contributed by atoms with Gasteiger partial charge in [0.1, 0.15) is 11.9 Å². The number of hydrogen-bond donors (Lipinski definition) is 2. The lowest BCUT2D eigenvalue weighted by Crippen LogP contribution is -2.22. The van der Waals surface area contributed by atoms with Gasteiger partial charge in [0.15, 0.2) is 5.82 Å². The summed E-state index contributed by atoms with van der Waals surface area (Å²) in [6.07, 6.45) is 1.87. The van der Waals surface area contributed by atoms with Crippen molar-refractivity contribution >= 4 is 35.0 Å². The molecule has 1 aromatic carbocycles. The first-order chi connectivity index (χ1) is 11.5. The Morgan fingerprint density at radius 2 is 2.42 bits per heavy atom. The molecule has 128 valence electrons. The lowest BCUT2D eigenvalue weighted by atomic mass is 10.2. The Hall–Kier alpha value is -1.64. The van der Waals surface area contributed by atoms with Crippen molar-refractivity contribution in [2.45, 2.75) is 36.3 Å². The molecule has 2 atom stereocenters. The number of ether oxygens (including phenoxy) is 1. The summed E-state index contributed by atoms with van der Waals surface area (Å²) in [7, 11) is 0. The van der Waals surface area contributed by atoms with Crippen LogP contribution in [0.4, 0.5) is 10.1 Å². The molecule has 24 heavy (non-hydrogen) atoms. The number of amides is 1. The molecule has 0 unspecified atom stereocenters. The quantitative estimate of drug-likeness (QED) is 0.786. The first-order valence-corrected chi connectivity index (χ1v) is 8.75. The fourth-order valence-electron chi connectivity index (χ4n) is 2.28. The number of nitrogens with zero attached hydrogens (tertiary/aromatic N) is 2. The molecule has 9 heteroatoms. The van der Waals surface area contributed by atoms with Gasteiger partial charge in [-0.2, -0.15) is 0 Å². The van der Waals surface area contributed by atoms with Gasteiger partial charge in [-0.15, -0.1) is 5.10 Å². The molecule has 3 rings (SSSR count). The van der Waals surface area contributed by atoms with Gasteiger partial charge in [-0.3, -0.25) is 9.89 Å². The Morgan fingerprint density at radius 1 is 1.58 bits per heavy atom. The molecule has 1 fully saturated rings. The average Bonchev–Trinajstić information content (AvgIpc) is 3.20. The van der Waals surface area contributed by atoms with Crippen LogP contribution >= 0.6 is 23.4 Å². The van der Waals surface area contributed by atoms with E-state index in [0.29, 0.717) is 16.7 Å². The van der Waals surface area contributed by atoms with Crippen molar-refractivity contribution in [1.29, 1.82) is 0 Å². The van der Waals surface area contributed by atoms with Gasteiger partial charge < -0.3 is 10.1 Å². The minimum Gasteiger partial charge on any atom is -0.370 e. The van der Waals surface area contributed by atoms with E-state index in [1.165, 1.54) is 23.9 Å². The lowest BCUT2D eigenvalue weighted by molar-refractivity contribution is -0.115. The van der Waals surface area contributed by atoms with Crippen LogP contribution in [0, 0.1) is 5.82 Å². The molecule has 0 bridgehead atoms. The number of nitrogens with one attached hydrogen (secondary N) is 2. The number of H-pyrrole nitrogens is 1. The normalized spacial score (nSPS) is 18.5. The summed E-state index contributed by atoms with van der Waals surface area (Å²) in [5.74, 6) is -0.0380. The molecule has 0 radical (unpaired) electrons. The number of halogens is 2. The molecule has 1 aliphatic heterocycles. The van der Waals surface area contributed by atoms with E-state index in [2.05, 4.69) is 20.5 Å². The van der Waals surface area contributed by atoms with Gasteiger partial charge in [0.2, 0.25) is 11.1 Å². The molecule has 1 amide bonds. The summed E-state index contributed by atoms with van der Waals surface area (Å²) in [6, 6.07) is 3.82. The van der Waals surface area contributed by atoms with Crippen molar-refractivity contribution in [3.05, 3.63) is 34.9 Å². The van der Waals surface area contributed by atoms with Crippen molar-refractivity contribution in [2.24, 2.45) is 0 Å². The number of aromatic amines is 1. The summed E-state index contributed by atoms with van der Waals surface area (Å²) in [5, 5.41) is 9.82. The molecule has 6 nitrogen and oxygen atoms in total. The fourth-order valence-corrected chi connectivity index (χ4v) is 3.23. The minimum absolute atomic E-state index is 0.0472. The van der Waals surface area contributed by atoms with Gasteiger partial charge in [-0.05, 0) is 38.0 Å². The Morgan fingerprint density at radius 3 is 3.12 bits per heavy atom. The highest BCUT2D eigenvalue weighted by Gasteiger charge is 2.23. The molecule has 2 heterocycles. The summed E-state index contributed by atoms with van der Waals surface area (Å²) in [5.41, 5.74) is 0.366. The van der Waals surface area contributed by atoms with Crippen LogP contribution in [-0.2, 0) is 9.53 Å². The Bertz CT molecular complexity index is 736. The molecule has 0 spiro atoms. The van der Waals surface area contributed by atoms with E-state index in [0.717, 1.165) is 25.5 Å². The first kappa shape index (κ1) is 17.2. The van der Waals surface area contributed by atoms with Crippen LogP contribution in [0.1, 0.15) is 31.7 Å². The second-order valence-electron chi connectivity index (χ2n) is 5.38. The third kappa shape index (κ3) is 4.06. The highest BCUT2D eigenvalue weighted by Crippen LogP contribution is 2.29. The van der Waals surface area contributed by atoms with Gasteiger partial charge in [0.25, 0.3) is 0 Å². The van der Waals surface area contributed by atoms with E-state index in [1.54, 1.807) is 6.92 Å². The predicted octanol–water partition coefficient (Wildman–Crippen LogP) is 3.57. The van der Waals surface area contributed by atoms with Gasteiger partial charge in [0.05, 0.1) is 16.0 Å². The predicted molar refractivity (Wildman–Crippen MR) is 89.7 cm³/mol. The molecule has 1 aliphatic rings. The Kier molecular flexibility index (Phi) is 5.37. The maximum Gasteiger partial charge on any atom is 0.237 e. The second-order valence-corrected chi connectivity index (χ2v) is 7.09. The van der Waals surface area contributed by atoms with E-state index in [4.69, 9.17) is 16.3 Å². The van der Waals surface area contributed by atoms with Crippen molar-refractivity contribution in [3.8, 4) is 0 Å². The topological polar surface area (TPSA) is 79.9 Å². The van der Waals surface area contributed by atoms with Crippen molar-refractivity contribution < 1.29 is 13.9 Å². The average molecular weight is 371 g/mol. The Balaban J connectivity index is 1.59. The molecule has 2 aromatic rings. The van der Waals surface area contributed by atoms with E-state index < -0.39 is 11.1 Å². The zero-order chi connectivity index (χ0) is 17.1. The maximum absolute atomic E-state index is 13.0. The van der Waals surface area contributed by atoms with Crippen LogP contribution < -0.4 is 5.32 Å². The standard InChI is InChI=1S/C15H16ClFN4O2S/c1-8(14(22)18-11-5-4-9(17)7-10(11)16)24-15-19-13(20-21-15)12-3-2-6-23-12/h4-5,7-8,12H,2-3,6H2,1H3,(H,18,22)(H,19,20,21)/t8-,12+/m1/s1. The number of anilines is 1. The monoisotopic (exact) mass is 370 g/mol. The maximum atomic E-state index is 13.0. The van der Waals surface area contributed by atoms with Crippen molar-refractivity contribution in [3.63, 3.8) is 0 Å². The zero-order valence-corrected chi connectivity index (χ0v) is 14.5. The summed E-state index contributed by atoms with van der Waals surface area (Å²) in [6.45, 7) is 2.46. The molecule has 1 aromatic heterocycles. The third-order valence-electron chi connectivity index (χ3n) is 3.56. The number of carbonyl (C=O) groups is 1. The smallest absolute Gasteiger partial charge is 0.237 e. The highest BCUT2D eigenvalue weighted by molar-refractivity contribution is 8.00. The van der Waals surface area contributed by atoms with Crippen LogP contribution in [0.3, 0.4) is 0 Å². The van der Waals surface area contributed by atoms with Gasteiger partial charge in [-0.25, -0.2) is 9.37 Å². The molecular weight excluding hydrogens is 355 g/mol. The van der Waals surface area contributed by atoms with Crippen molar-refractivity contribution in [2.75, 3.05) is 11.9 Å². The second kappa shape index (κ2) is 7.50. The summed E-state index contributed by atoms with van der Waals surface area (Å²) in [4.78, 5) is 16.6. The third-order valence-corrected chi connectivity index (χ3v) is 4.83. The molecule has 0 aliphatic carbocycles. The summed E-state index contributed by atoms with van der Waals surface area (Å²) >= 11 is 7.13. The Labute approximate surface area is 147 Å². The minimum atomic E-state index is -0.456. The molecular formula is C15H16ClFN4O2S. The number of carbonyl (C=O) groups excluding carboxylic acids is 1. The SMILES string of the molecule is C[C@@H](Sc1n[nH]c([C@@H]2CCCO2)n1)C(=O)Nc1ccc(F)cc1Cl. The van der Waals surface area contributed by atoms with E-state index in [1.807, 2.05) is 0 Å². The van der Waals surface area contributed by atoms with Gasteiger partial charge in [-0.1, -0.05) is 23.4 Å². The van der Waals surface area contributed by atoms with E-state index in [-0.39, 0.29) is 17.0 Å². The lowest BCUT2D eigenvalue weighted by Gasteiger charge is -2.11. The van der Waals surface area contributed by atoms with Gasteiger partial charge in [0, 0.05) is 6.61 Å². The molecule has 1 saturated heterocycles. The van der Waals surface area contributed by atoms with Crippen molar-refractivity contribution in [1.82, 2.24) is 15.2 Å². The van der Waals surface area contributed by atoms with Crippen LogP contribution in [0.15, 0.2) is 23.4 Å². The number of rotatable bonds is 5. The first-order valence-electron chi connectivity index (χ1n) is 7.49. The van der Waals surface area contributed by atoms with Crippen LogP contribution in [-0.4, -0.2) is 32.9 Å². The molecule has 0 saturated carbocycles. The largest absolute Gasteiger partial charge is 0.370 e.